The van der Waals surface area contributed by atoms with Crippen molar-refractivity contribution in [3.63, 3.8) is 0 Å². The van der Waals surface area contributed by atoms with Gasteiger partial charge in [-0.05, 0) is 30.7 Å². The molecule has 2 aromatic heterocycles. The molecule has 0 saturated heterocycles. The summed E-state index contributed by atoms with van der Waals surface area (Å²) in [5, 5.41) is 0. The van der Waals surface area contributed by atoms with Crippen LogP contribution in [0.2, 0.25) is 0 Å². The van der Waals surface area contributed by atoms with E-state index in [1.54, 1.807) is 24.5 Å². The number of aryl methyl sites for hydroxylation is 1. The lowest BCUT2D eigenvalue weighted by Crippen LogP contribution is -1.87. The van der Waals surface area contributed by atoms with Gasteiger partial charge in [-0.1, -0.05) is 6.07 Å². The van der Waals surface area contributed by atoms with E-state index in [0.29, 0.717) is 11.4 Å². The molecule has 3 nitrogen and oxygen atoms in total. The van der Waals surface area contributed by atoms with Crippen molar-refractivity contribution in [2.24, 2.45) is 0 Å². The van der Waals surface area contributed by atoms with Gasteiger partial charge in [0.25, 0.3) is 0 Å². The minimum atomic E-state index is -0.267. The third-order valence-electron chi connectivity index (χ3n) is 2.66. The molecule has 0 aliphatic heterocycles. The number of benzene rings is 1. The summed E-state index contributed by atoms with van der Waals surface area (Å²) in [5.41, 5.74) is 2.97. The molecule has 17 heavy (non-hydrogen) atoms. The molecule has 1 aromatic carbocycles. The molecule has 0 radical (unpaired) electrons. The van der Waals surface area contributed by atoms with Gasteiger partial charge in [-0.3, -0.25) is 4.98 Å². The molecule has 4 heteroatoms. The molecule has 0 bridgehead atoms. The summed E-state index contributed by atoms with van der Waals surface area (Å²) in [4.78, 5) is 11.4. The number of aromatic nitrogens is 3. The number of aromatic amines is 1. The van der Waals surface area contributed by atoms with Gasteiger partial charge in [0.05, 0.1) is 22.8 Å². The summed E-state index contributed by atoms with van der Waals surface area (Å²) in [7, 11) is 0. The number of nitrogens with one attached hydrogen (secondary N) is 1. The van der Waals surface area contributed by atoms with Gasteiger partial charge >= 0.3 is 0 Å². The van der Waals surface area contributed by atoms with Gasteiger partial charge in [-0.15, -0.1) is 0 Å². The molecular weight excluding hydrogens is 217 g/mol. The highest BCUT2D eigenvalue weighted by Gasteiger charge is 2.09. The van der Waals surface area contributed by atoms with E-state index in [-0.39, 0.29) is 5.82 Å². The molecule has 1 N–H and O–H groups in total. The summed E-state index contributed by atoms with van der Waals surface area (Å²) in [6.07, 6.45) is 3.34. The Morgan fingerprint density at radius 2 is 2.12 bits per heavy atom. The highest BCUT2D eigenvalue weighted by molar-refractivity contribution is 5.78. The topological polar surface area (TPSA) is 41.6 Å². The lowest BCUT2D eigenvalue weighted by molar-refractivity contribution is 0.629. The number of rotatable bonds is 1. The van der Waals surface area contributed by atoms with E-state index < -0.39 is 0 Å². The number of halogens is 1. The zero-order valence-corrected chi connectivity index (χ0v) is 9.24. The molecule has 0 fully saturated rings. The Kier molecular flexibility index (Phi) is 2.14. The summed E-state index contributed by atoms with van der Waals surface area (Å²) < 4.78 is 13.8. The number of hydrogen-bond donors (Lipinski definition) is 1. The Morgan fingerprint density at radius 3 is 2.88 bits per heavy atom. The van der Waals surface area contributed by atoms with E-state index >= 15 is 0 Å². The van der Waals surface area contributed by atoms with Crippen LogP contribution >= 0.6 is 0 Å². The largest absolute Gasteiger partial charge is 0.337 e. The Balaban J connectivity index is 2.20. The highest BCUT2D eigenvalue weighted by Crippen LogP contribution is 2.23. The quantitative estimate of drug-likeness (QED) is 0.694. The van der Waals surface area contributed by atoms with Gasteiger partial charge in [-0.2, -0.15) is 0 Å². The predicted octanol–water partition coefficient (Wildman–Crippen LogP) is 3.07. The third-order valence-corrected chi connectivity index (χ3v) is 2.66. The number of nitrogens with zero attached hydrogens (tertiary/aromatic N) is 2. The van der Waals surface area contributed by atoms with Crippen molar-refractivity contribution >= 4 is 11.0 Å². The minimum Gasteiger partial charge on any atom is -0.337 e. The van der Waals surface area contributed by atoms with Crippen molar-refractivity contribution in [1.82, 2.24) is 15.0 Å². The molecule has 0 aliphatic rings. The van der Waals surface area contributed by atoms with Crippen molar-refractivity contribution in [2.45, 2.75) is 6.92 Å². The van der Waals surface area contributed by atoms with Crippen molar-refractivity contribution in [2.75, 3.05) is 0 Å². The molecule has 0 unspecified atom stereocenters. The number of pyridine rings is 1. The normalized spacial score (nSPS) is 10.9. The number of H-pyrrole nitrogens is 1. The van der Waals surface area contributed by atoms with Crippen LogP contribution in [0.15, 0.2) is 36.7 Å². The van der Waals surface area contributed by atoms with Crippen molar-refractivity contribution in [3.8, 4) is 11.4 Å². The van der Waals surface area contributed by atoms with Gasteiger partial charge < -0.3 is 4.98 Å². The maximum Gasteiger partial charge on any atom is 0.141 e. The molecule has 84 valence electrons. The molecule has 0 amide bonds. The Hall–Kier alpha value is -2.23. The molecule has 3 aromatic rings. The van der Waals surface area contributed by atoms with Gasteiger partial charge in [0, 0.05) is 6.20 Å². The Labute approximate surface area is 97.3 Å². The molecule has 3 rings (SSSR count). The van der Waals surface area contributed by atoms with Crippen LogP contribution in [-0.2, 0) is 0 Å². The summed E-state index contributed by atoms with van der Waals surface area (Å²) in [5.74, 6) is 0.266. The summed E-state index contributed by atoms with van der Waals surface area (Å²) >= 11 is 0. The minimum absolute atomic E-state index is 0.267. The number of fused-ring (bicyclic) bond motifs is 1. The first-order chi connectivity index (χ1) is 8.24. The van der Waals surface area contributed by atoms with Gasteiger partial charge in [0.1, 0.15) is 11.6 Å². The summed E-state index contributed by atoms with van der Waals surface area (Å²) in [6.45, 7) is 1.86. The van der Waals surface area contributed by atoms with Crippen molar-refractivity contribution in [1.29, 1.82) is 0 Å². The second-order valence-electron chi connectivity index (χ2n) is 3.96. The lowest BCUT2D eigenvalue weighted by atomic mass is 10.1. The predicted molar refractivity (Wildman–Crippen MR) is 64.0 cm³/mol. The molecule has 0 atom stereocenters. The molecule has 2 heterocycles. The van der Waals surface area contributed by atoms with E-state index in [1.165, 1.54) is 6.07 Å². The molecule has 0 saturated carbocycles. The van der Waals surface area contributed by atoms with Crippen LogP contribution in [0.3, 0.4) is 0 Å². The Bertz CT molecular complexity index is 655. The van der Waals surface area contributed by atoms with Crippen LogP contribution in [0.5, 0.6) is 0 Å². The molecule has 0 spiro atoms. The van der Waals surface area contributed by atoms with Crippen molar-refractivity contribution in [3.05, 3.63) is 48.0 Å². The van der Waals surface area contributed by atoms with E-state index in [0.717, 1.165) is 16.6 Å². The van der Waals surface area contributed by atoms with Crippen LogP contribution < -0.4 is 0 Å². The zero-order chi connectivity index (χ0) is 11.8. The fourth-order valence-electron chi connectivity index (χ4n) is 1.80. The molecular formula is C13H10FN3. The smallest absolute Gasteiger partial charge is 0.141 e. The van der Waals surface area contributed by atoms with E-state index in [1.807, 2.05) is 13.0 Å². The second kappa shape index (κ2) is 3.66. The van der Waals surface area contributed by atoms with Gasteiger partial charge in [0.2, 0.25) is 0 Å². The van der Waals surface area contributed by atoms with Crippen molar-refractivity contribution < 1.29 is 4.39 Å². The second-order valence-corrected chi connectivity index (χ2v) is 3.96. The number of imidazole rings is 1. The fourth-order valence-corrected chi connectivity index (χ4v) is 1.80. The SMILES string of the molecule is Cc1ccc(-c2nc3ccncc3[nH]2)c(F)c1. The van der Waals surface area contributed by atoms with Crippen LogP contribution in [0.25, 0.3) is 22.4 Å². The fraction of sp³-hybridized carbons (Fsp3) is 0.0769. The van der Waals surface area contributed by atoms with E-state index in [2.05, 4.69) is 15.0 Å². The summed E-state index contributed by atoms with van der Waals surface area (Å²) in [6, 6.07) is 6.89. The standard InChI is InChI=1S/C13H10FN3/c1-8-2-3-9(10(14)6-8)13-16-11-4-5-15-7-12(11)17-13/h2-7H,1H3,(H,16,17). The Morgan fingerprint density at radius 1 is 1.24 bits per heavy atom. The van der Waals surface area contributed by atoms with Crippen LogP contribution in [0.4, 0.5) is 4.39 Å². The first-order valence-electron chi connectivity index (χ1n) is 5.30. The monoisotopic (exact) mass is 227 g/mol. The molecule has 0 aliphatic carbocycles. The lowest BCUT2D eigenvalue weighted by Gasteiger charge is -1.99. The van der Waals surface area contributed by atoms with E-state index in [9.17, 15) is 4.39 Å². The highest BCUT2D eigenvalue weighted by atomic mass is 19.1. The van der Waals surface area contributed by atoms with Crippen LogP contribution in [0.1, 0.15) is 5.56 Å². The van der Waals surface area contributed by atoms with Gasteiger partial charge in [0.15, 0.2) is 0 Å². The van der Waals surface area contributed by atoms with Crippen LogP contribution in [-0.4, -0.2) is 15.0 Å². The maximum absolute atomic E-state index is 13.8. The van der Waals surface area contributed by atoms with Gasteiger partial charge in [-0.25, -0.2) is 9.37 Å². The average Bonchev–Trinajstić information content (AvgIpc) is 2.72. The first-order valence-corrected chi connectivity index (χ1v) is 5.30. The zero-order valence-electron chi connectivity index (χ0n) is 9.24. The third kappa shape index (κ3) is 1.67. The average molecular weight is 227 g/mol. The van der Waals surface area contributed by atoms with E-state index in [4.69, 9.17) is 0 Å². The van der Waals surface area contributed by atoms with Crippen LogP contribution in [0, 0.1) is 12.7 Å². The first kappa shape index (κ1) is 9.96. The number of hydrogen-bond acceptors (Lipinski definition) is 2. The maximum atomic E-state index is 13.8.